The van der Waals surface area contributed by atoms with Gasteiger partial charge in [0.05, 0.1) is 18.6 Å². The van der Waals surface area contributed by atoms with Gasteiger partial charge in [-0.15, -0.1) is 11.6 Å². The van der Waals surface area contributed by atoms with Crippen LogP contribution in [0.5, 0.6) is 11.5 Å². The molecule has 0 radical (unpaired) electrons. The summed E-state index contributed by atoms with van der Waals surface area (Å²) in [5.41, 5.74) is 2.15. The topological polar surface area (TPSA) is 42.2 Å². The van der Waals surface area contributed by atoms with Crippen LogP contribution in [-0.4, -0.2) is 7.11 Å². The molecule has 2 rings (SSSR count). The number of benzene rings is 2. The Bertz CT molecular complexity index is 680. The lowest BCUT2D eigenvalue weighted by Gasteiger charge is -2.12. The number of alkyl halides is 1. The molecule has 0 atom stereocenters. The number of nitriles is 1. The van der Waals surface area contributed by atoms with Crippen molar-refractivity contribution in [1.82, 2.24) is 0 Å². The maximum absolute atomic E-state index is 8.96. The fraction of sp³-hybridized carbons (Fsp3) is 0.188. The number of halogens is 2. The van der Waals surface area contributed by atoms with E-state index in [1.54, 1.807) is 18.2 Å². The zero-order chi connectivity index (χ0) is 15.2. The van der Waals surface area contributed by atoms with E-state index in [0.29, 0.717) is 28.7 Å². The Morgan fingerprint density at radius 3 is 2.67 bits per heavy atom. The summed E-state index contributed by atoms with van der Waals surface area (Å²) < 4.78 is 10.9. The summed E-state index contributed by atoms with van der Waals surface area (Å²) in [6.07, 6.45) is 0. The van der Waals surface area contributed by atoms with Crippen LogP contribution in [0.15, 0.2) is 36.4 Å². The van der Waals surface area contributed by atoms with E-state index in [-0.39, 0.29) is 5.88 Å². The molecule has 0 aromatic heterocycles. The largest absolute Gasteiger partial charge is 0.495 e. The molecule has 5 heteroatoms. The van der Waals surface area contributed by atoms with Crippen LogP contribution in [-0.2, 0) is 12.5 Å². The number of methoxy groups -OCH3 is 1. The van der Waals surface area contributed by atoms with Crippen molar-refractivity contribution in [3.8, 4) is 17.6 Å². The second-order valence-corrected chi connectivity index (χ2v) is 4.96. The van der Waals surface area contributed by atoms with E-state index in [1.165, 1.54) is 7.11 Å². The zero-order valence-electron chi connectivity index (χ0n) is 11.4. The lowest BCUT2D eigenvalue weighted by molar-refractivity contribution is 0.303. The minimum absolute atomic E-state index is 0.283. The highest BCUT2D eigenvalue weighted by molar-refractivity contribution is 6.32. The third-order valence-corrected chi connectivity index (χ3v) is 3.61. The molecule has 2 aromatic rings. The van der Waals surface area contributed by atoms with Gasteiger partial charge in [-0.1, -0.05) is 23.7 Å². The lowest BCUT2D eigenvalue weighted by atomic mass is 10.1. The standard InChI is InChI=1S/C16H13Cl2NO2/c1-20-16-7-11(5-6-12(16)9-19)10-21-15-4-2-3-14(18)13(15)8-17/h2-7H,8,10H2,1H3. The van der Waals surface area contributed by atoms with Gasteiger partial charge in [0.2, 0.25) is 0 Å². The van der Waals surface area contributed by atoms with E-state index < -0.39 is 0 Å². The SMILES string of the molecule is COc1cc(COc2cccc(Cl)c2CCl)ccc1C#N. The van der Waals surface area contributed by atoms with Gasteiger partial charge in [-0.05, 0) is 29.8 Å². The summed E-state index contributed by atoms with van der Waals surface area (Å²) in [7, 11) is 1.53. The van der Waals surface area contributed by atoms with E-state index >= 15 is 0 Å². The van der Waals surface area contributed by atoms with Gasteiger partial charge in [0.25, 0.3) is 0 Å². The van der Waals surface area contributed by atoms with Gasteiger partial charge >= 0.3 is 0 Å². The Balaban J connectivity index is 2.17. The van der Waals surface area contributed by atoms with Gasteiger partial charge in [-0.25, -0.2) is 0 Å². The average Bonchev–Trinajstić information content (AvgIpc) is 2.52. The fourth-order valence-corrected chi connectivity index (χ4v) is 2.46. The van der Waals surface area contributed by atoms with E-state index in [2.05, 4.69) is 6.07 Å². The molecule has 0 aliphatic heterocycles. The number of hydrogen-bond donors (Lipinski definition) is 0. The van der Waals surface area contributed by atoms with Gasteiger partial charge in [0.15, 0.2) is 0 Å². The van der Waals surface area contributed by atoms with Crippen molar-refractivity contribution in [3.05, 3.63) is 58.1 Å². The van der Waals surface area contributed by atoms with E-state index in [0.717, 1.165) is 11.1 Å². The highest BCUT2D eigenvalue weighted by Crippen LogP contribution is 2.29. The Kier molecular flexibility index (Phi) is 5.32. The molecular formula is C16H13Cl2NO2. The van der Waals surface area contributed by atoms with Crippen molar-refractivity contribution < 1.29 is 9.47 Å². The Labute approximate surface area is 133 Å². The van der Waals surface area contributed by atoms with E-state index in [4.69, 9.17) is 37.9 Å². The summed E-state index contributed by atoms with van der Waals surface area (Å²) in [4.78, 5) is 0. The quantitative estimate of drug-likeness (QED) is 0.759. The first-order valence-corrected chi connectivity index (χ1v) is 7.14. The molecular weight excluding hydrogens is 309 g/mol. The lowest BCUT2D eigenvalue weighted by Crippen LogP contribution is -1.99. The molecule has 0 aliphatic rings. The van der Waals surface area contributed by atoms with Crippen molar-refractivity contribution in [2.45, 2.75) is 12.5 Å². The van der Waals surface area contributed by atoms with Gasteiger partial charge < -0.3 is 9.47 Å². The van der Waals surface area contributed by atoms with Crippen LogP contribution in [0.4, 0.5) is 0 Å². The van der Waals surface area contributed by atoms with Crippen molar-refractivity contribution in [2.75, 3.05) is 7.11 Å². The van der Waals surface area contributed by atoms with Crippen molar-refractivity contribution >= 4 is 23.2 Å². The summed E-state index contributed by atoms with van der Waals surface area (Å²) in [6, 6.07) is 12.8. The molecule has 0 saturated heterocycles. The zero-order valence-corrected chi connectivity index (χ0v) is 12.9. The molecule has 0 saturated carbocycles. The Morgan fingerprint density at radius 2 is 2.00 bits per heavy atom. The first kappa shape index (κ1) is 15.5. The van der Waals surface area contributed by atoms with Crippen molar-refractivity contribution in [1.29, 1.82) is 5.26 Å². The van der Waals surface area contributed by atoms with Crippen LogP contribution in [0.1, 0.15) is 16.7 Å². The Hall–Kier alpha value is -1.89. The van der Waals surface area contributed by atoms with Gasteiger partial charge in [-0.2, -0.15) is 5.26 Å². The van der Waals surface area contributed by atoms with Crippen molar-refractivity contribution in [3.63, 3.8) is 0 Å². The van der Waals surface area contributed by atoms with Crippen LogP contribution in [0.2, 0.25) is 5.02 Å². The summed E-state index contributed by atoms with van der Waals surface area (Å²) in [5.74, 6) is 1.47. The average molecular weight is 322 g/mol. The third-order valence-electron chi connectivity index (χ3n) is 2.99. The maximum Gasteiger partial charge on any atom is 0.137 e. The highest BCUT2D eigenvalue weighted by atomic mass is 35.5. The van der Waals surface area contributed by atoms with Gasteiger partial charge in [0.1, 0.15) is 24.2 Å². The number of ether oxygens (including phenoxy) is 2. The summed E-state index contributed by atoms with van der Waals surface area (Å²) >= 11 is 12.0. The van der Waals surface area contributed by atoms with Crippen LogP contribution < -0.4 is 9.47 Å². The summed E-state index contributed by atoms with van der Waals surface area (Å²) in [5, 5.41) is 9.54. The predicted octanol–water partition coefficient (Wildman–Crippen LogP) is 4.54. The normalized spacial score (nSPS) is 10.0. The number of hydrogen-bond acceptors (Lipinski definition) is 3. The molecule has 2 aromatic carbocycles. The highest BCUT2D eigenvalue weighted by Gasteiger charge is 2.08. The van der Waals surface area contributed by atoms with Gasteiger partial charge in [-0.3, -0.25) is 0 Å². The predicted molar refractivity (Wildman–Crippen MR) is 83.1 cm³/mol. The third kappa shape index (κ3) is 3.60. The second kappa shape index (κ2) is 7.21. The van der Waals surface area contributed by atoms with Crippen LogP contribution in [0.25, 0.3) is 0 Å². The molecule has 0 N–H and O–H groups in total. The molecule has 0 aliphatic carbocycles. The van der Waals surface area contributed by atoms with E-state index in [9.17, 15) is 0 Å². The first-order chi connectivity index (χ1) is 10.2. The number of rotatable bonds is 5. The first-order valence-electron chi connectivity index (χ1n) is 6.22. The molecule has 0 bridgehead atoms. The molecule has 108 valence electrons. The number of nitrogens with zero attached hydrogens (tertiary/aromatic N) is 1. The Morgan fingerprint density at radius 1 is 1.19 bits per heavy atom. The van der Waals surface area contributed by atoms with Crippen LogP contribution in [0, 0.1) is 11.3 Å². The molecule has 0 fully saturated rings. The van der Waals surface area contributed by atoms with Gasteiger partial charge in [0, 0.05) is 10.6 Å². The summed E-state index contributed by atoms with van der Waals surface area (Å²) in [6.45, 7) is 0.340. The smallest absolute Gasteiger partial charge is 0.137 e. The van der Waals surface area contributed by atoms with Crippen LogP contribution in [0.3, 0.4) is 0 Å². The molecule has 0 unspecified atom stereocenters. The molecule has 3 nitrogen and oxygen atoms in total. The minimum atomic E-state index is 0.283. The maximum atomic E-state index is 8.96. The second-order valence-electron chi connectivity index (χ2n) is 4.29. The monoisotopic (exact) mass is 321 g/mol. The molecule has 0 spiro atoms. The fourth-order valence-electron chi connectivity index (χ4n) is 1.88. The van der Waals surface area contributed by atoms with Crippen molar-refractivity contribution in [2.24, 2.45) is 0 Å². The molecule has 21 heavy (non-hydrogen) atoms. The van der Waals surface area contributed by atoms with E-state index in [1.807, 2.05) is 18.2 Å². The molecule has 0 heterocycles. The minimum Gasteiger partial charge on any atom is -0.495 e. The van der Waals surface area contributed by atoms with Crippen LogP contribution >= 0.6 is 23.2 Å². The molecule has 0 amide bonds.